The summed E-state index contributed by atoms with van der Waals surface area (Å²) in [7, 11) is 0. The van der Waals surface area contributed by atoms with Crippen LogP contribution >= 0.6 is 11.8 Å². The molecule has 0 N–H and O–H groups in total. The van der Waals surface area contributed by atoms with E-state index in [1.165, 1.54) is 11.1 Å². The minimum Gasteiger partial charge on any atom is -0.456 e. The summed E-state index contributed by atoms with van der Waals surface area (Å²) in [6.07, 6.45) is 0. The molecule has 19 aromatic rings. The van der Waals surface area contributed by atoms with Gasteiger partial charge in [-0.1, -0.05) is 313 Å². The summed E-state index contributed by atoms with van der Waals surface area (Å²) in [6.45, 7) is 26.7. The van der Waals surface area contributed by atoms with Crippen LogP contribution in [-0.4, -0.2) is 15.8 Å². The molecule has 120 heavy (non-hydrogen) atoms. The SMILES string of the molecule is [2H]c1c([2H])c([2H])c2c(c1[2H])c1c([2H])c(C#N)c([2H])c([2H])c1n2-c1ccc2c(c1)N(c1c(-c3cccc(C(C)(C)C)c3)cc(-c3ccccc3)cc1-c1cccc(C(C)(C)C)c1)c1cc(-c3cccc4oc5ccccc5c34)cc3c1B2c1cc(-c2cc(-c4ccccc4)cc(-c4ccccc4)c2)cc(-n2c4ccc(C(C)(C)C)cc4c4cc(C(C)(C)C)ccc42)c1S3. The van der Waals surface area contributed by atoms with Crippen molar-refractivity contribution >= 4 is 117 Å². The van der Waals surface area contributed by atoms with Crippen LogP contribution < -0.4 is 21.3 Å². The van der Waals surface area contributed by atoms with Crippen LogP contribution in [0.3, 0.4) is 0 Å². The predicted octanol–water partition coefficient (Wildman–Crippen LogP) is 29.3. The molecule has 0 spiro atoms. The number of hydrogen-bond donors (Lipinski definition) is 0. The highest BCUT2D eigenvalue weighted by Crippen LogP contribution is 2.55. The first-order chi connectivity index (χ1) is 60.9. The van der Waals surface area contributed by atoms with Gasteiger partial charge in [0, 0.05) is 70.3 Å². The van der Waals surface area contributed by atoms with Crippen molar-refractivity contribution in [3.63, 3.8) is 0 Å². The lowest BCUT2D eigenvalue weighted by atomic mass is 9.34. The highest BCUT2D eigenvalue weighted by atomic mass is 32.2. The maximum absolute atomic E-state index is 10.9. The minimum absolute atomic E-state index is 0.00650. The summed E-state index contributed by atoms with van der Waals surface area (Å²) >= 11 is 1.80. The van der Waals surface area contributed by atoms with Crippen LogP contribution in [0.2, 0.25) is 0 Å². The van der Waals surface area contributed by atoms with E-state index in [4.69, 9.17) is 4.42 Å². The number of nitrogens with zero attached hydrogens (tertiary/aromatic N) is 4. The zero-order chi connectivity index (χ0) is 88.1. The molecule has 5 nitrogen and oxygen atoms in total. The van der Waals surface area contributed by atoms with Crippen LogP contribution in [0.1, 0.15) is 120 Å². The van der Waals surface area contributed by atoms with Gasteiger partial charge in [0.05, 0.1) is 54.7 Å². The van der Waals surface area contributed by atoms with Crippen molar-refractivity contribution in [3.8, 4) is 95.3 Å². The number of furan rings is 1. The second-order valence-electron chi connectivity index (χ2n) is 36.6. The quantitative estimate of drug-likeness (QED) is 0.128. The van der Waals surface area contributed by atoms with Gasteiger partial charge in [0.2, 0.25) is 6.71 Å². The molecule has 2 aliphatic rings. The molecule has 0 bridgehead atoms. The standard InChI is InChI=1S/C113H91BN4OS/c1-110(2,3)81-37-26-35-73(57-81)89-59-78(72-33-20-15-21-34-72)60-90(74-36-27-38-82(58-74)111(4,5)6)108(89)118-100-67-85(116-96-42-24-22-39-87(96)91-53-69(68-115)45-50-97(91)116)48-49-94(100)114-95-61-79(77-55-75(70-29-16-13-17-30-70)54-76(56-77)71-31-18-14-19-32-71)62-102(117-98-51-46-83(112(7,8)9)65-92(98)93-66-84(113(10,11)12)47-52-99(93)117)109(95)120-105-64-80(63-101(118)107(105)114)86-41-28-44-104-106(86)88-40-23-25-43-103(88)119-104/h13-67H,1-12H3/i22D,24D,39D,42D,45D,50D,53D. The number of para-hydroxylation sites is 2. The van der Waals surface area contributed by atoms with E-state index in [0.717, 1.165) is 182 Å². The molecule has 0 aliphatic carbocycles. The first kappa shape index (κ1) is 66.6. The van der Waals surface area contributed by atoms with Crippen LogP contribution in [0.15, 0.2) is 348 Å². The highest BCUT2D eigenvalue weighted by Gasteiger charge is 2.45. The molecule has 2 aliphatic heterocycles. The normalized spacial score (nSPS) is 13.7. The number of aromatic nitrogens is 2. The molecule has 0 saturated heterocycles. The monoisotopic (exact) mass is 1570 g/mol. The fourth-order valence-electron chi connectivity index (χ4n) is 18.6. The molecule has 16 aromatic carbocycles. The lowest BCUT2D eigenvalue weighted by molar-refractivity contribution is 0.590. The fourth-order valence-corrected chi connectivity index (χ4v) is 19.8. The first-order valence-electron chi connectivity index (χ1n) is 45.0. The van der Waals surface area contributed by atoms with Gasteiger partial charge in [-0.05, 0) is 243 Å². The average Bonchev–Trinajstić information content (AvgIpc) is 1.66. The summed E-state index contributed by atoms with van der Waals surface area (Å²) in [5.41, 5.74) is 27.9. The molecule has 0 unspecified atom stereocenters. The van der Waals surface area contributed by atoms with E-state index in [1.807, 2.05) is 18.2 Å². The van der Waals surface area contributed by atoms with Crippen molar-refractivity contribution in [2.45, 2.75) is 115 Å². The Balaban J connectivity index is 0.978. The second kappa shape index (κ2) is 27.9. The van der Waals surface area contributed by atoms with Crippen LogP contribution in [0.5, 0.6) is 0 Å². The molecular formula is C113H91BN4OS. The van der Waals surface area contributed by atoms with Gasteiger partial charge in [-0.15, -0.1) is 0 Å². The van der Waals surface area contributed by atoms with Crippen molar-refractivity contribution in [1.82, 2.24) is 9.13 Å². The molecular weight excluding hydrogens is 1470 g/mol. The van der Waals surface area contributed by atoms with Crippen LogP contribution in [0, 0.1) is 11.3 Å². The van der Waals surface area contributed by atoms with Gasteiger partial charge in [-0.2, -0.15) is 5.26 Å². The average molecular weight is 1570 g/mol. The van der Waals surface area contributed by atoms with E-state index in [-0.39, 0.29) is 49.0 Å². The maximum atomic E-state index is 10.9. The van der Waals surface area contributed by atoms with Gasteiger partial charge < -0.3 is 18.5 Å². The first-order valence-corrected chi connectivity index (χ1v) is 42.3. The fraction of sp³-hybridized carbons (Fsp3) is 0.142. The third-order valence-electron chi connectivity index (χ3n) is 24.8. The van der Waals surface area contributed by atoms with E-state index in [9.17, 15) is 14.9 Å². The number of nitriles is 1. The molecule has 3 aromatic heterocycles. The molecule has 0 fully saturated rings. The molecule has 21 rings (SSSR count). The Kier molecular flexibility index (Phi) is 15.5. The summed E-state index contributed by atoms with van der Waals surface area (Å²) in [5.74, 6) is 0. The summed E-state index contributed by atoms with van der Waals surface area (Å²) in [5, 5.41) is 15.1. The van der Waals surface area contributed by atoms with Crippen molar-refractivity contribution in [2.24, 2.45) is 0 Å². The van der Waals surface area contributed by atoms with Crippen molar-refractivity contribution in [1.29, 1.82) is 5.26 Å². The molecule has 5 heterocycles. The van der Waals surface area contributed by atoms with Gasteiger partial charge in [0.1, 0.15) is 11.2 Å². The van der Waals surface area contributed by atoms with E-state index < -0.39 is 49.0 Å². The molecule has 0 amide bonds. The highest BCUT2D eigenvalue weighted by molar-refractivity contribution is 8.00. The zero-order valence-electron chi connectivity index (χ0n) is 76.4. The smallest absolute Gasteiger partial charge is 0.249 e. The predicted molar refractivity (Wildman–Crippen MR) is 510 cm³/mol. The molecule has 578 valence electrons. The Labute approximate surface area is 717 Å². The molecule has 0 radical (unpaired) electrons. The Morgan fingerprint density at radius 1 is 0.350 bits per heavy atom. The summed E-state index contributed by atoms with van der Waals surface area (Å²) in [6, 6.07) is 105. The van der Waals surface area contributed by atoms with Crippen LogP contribution in [-0.2, 0) is 21.7 Å². The van der Waals surface area contributed by atoms with Crippen LogP contribution in [0.4, 0.5) is 17.1 Å². The largest absolute Gasteiger partial charge is 0.456 e. The number of rotatable bonds is 10. The van der Waals surface area contributed by atoms with E-state index in [1.54, 1.807) is 16.3 Å². The van der Waals surface area contributed by atoms with Gasteiger partial charge in [-0.3, -0.25) is 0 Å². The maximum Gasteiger partial charge on any atom is 0.249 e. The van der Waals surface area contributed by atoms with Gasteiger partial charge in [0.15, 0.2) is 0 Å². The van der Waals surface area contributed by atoms with Gasteiger partial charge in [0.25, 0.3) is 0 Å². The van der Waals surface area contributed by atoms with Crippen molar-refractivity contribution in [3.05, 3.63) is 361 Å². The van der Waals surface area contributed by atoms with E-state index in [2.05, 4.69) is 372 Å². The number of benzene rings is 16. The Morgan fingerprint density at radius 2 is 0.858 bits per heavy atom. The third kappa shape index (κ3) is 12.4. The van der Waals surface area contributed by atoms with E-state index in [0.29, 0.717) is 5.69 Å². The Bertz CT molecular complexity index is 7740. The van der Waals surface area contributed by atoms with Crippen molar-refractivity contribution in [2.75, 3.05) is 4.90 Å². The lowest BCUT2D eigenvalue weighted by Gasteiger charge is -2.43. The molecule has 7 heteroatoms. The lowest BCUT2D eigenvalue weighted by Crippen LogP contribution is -2.60. The third-order valence-corrected chi connectivity index (χ3v) is 26.0. The van der Waals surface area contributed by atoms with Gasteiger partial charge in [-0.25, -0.2) is 0 Å². The van der Waals surface area contributed by atoms with Crippen molar-refractivity contribution < 1.29 is 14.0 Å². The summed E-state index contributed by atoms with van der Waals surface area (Å²) in [4.78, 5) is 4.56. The minimum atomic E-state index is -0.595. The zero-order valence-corrected chi connectivity index (χ0v) is 70.2. The topological polar surface area (TPSA) is 50.0 Å². The number of fused-ring (bicyclic) bond motifs is 13. The number of anilines is 3. The van der Waals surface area contributed by atoms with E-state index >= 15 is 0 Å². The Hall–Kier alpha value is -13.4. The number of hydrogen-bond acceptors (Lipinski definition) is 4. The second-order valence-corrected chi connectivity index (χ2v) is 37.7. The Morgan fingerprint density at radius 3 is 1.45 bits per heavy atom. The molecule has 0 saturated carbocycles. The summed E-state index contributed by atoms with van der Waals surface area (Å²) < 4.78 is 79.7. The van der Waals surface area contributed by atoms with Gasteiger partial charge >= 0.3 is 0 Å². The molecule has 0 atom stereocenters. The van der Waals surface area contributed by atoms with Crippen LogP contribution in [0.25, 0.3) is 155 Å².